The largest absolute Gasteiger partial charge is 0.321 e. The van der Waals surface area contributed by atoms with E-state index >= 15 is 0 Å². The molecule has 1 atom stereocenters. The average Bonchev–Trinajstić information content (AvgIpc) is 2.43. The molecular formula is C7H11N5. The van der Waals surface area contributed by atoms with Crippen LogP contribution in [0.4, 0.5) is 0 Å². The minimum absolute atomic E-state index is 0.0990. The maximum atomic E-state index is 5.69. The predicted octanol–water partition coefficient (Wildman–Crippen LogP) is 0.386. The summed E-state index contributed by atoms with van der Waals surface area (Å²) in [5, 5.41) is 11.0. The molecule has 0 aliphatic rings. The van der Waals surface area contributed by atoms with E-state index in [0.717, 1.165) is 17.2 Å². The van der Waals surface area contributed by atoms with E-state index in [1.807, 2.05) is 19.9 Å². The molecule has 2 aromatic rings. The summed E-state index contributed by atoms with van der Waals surface area (Å²) in [6.45, 7) is 3.85. The van der Waals surface area contributed by atoms with Crippen molar-refractivity contribution in [2.75, 3.05) is 0 Å². The SMILES string of the molecule is Cc1cc2nnc(C(C)N)n2[nH]1. The van der Waals surface area contributed by atoms with E-state index < -0.39 is 0 Å². The first-order valence-corrected chi connectivity index (χ1v) is 3.84. The fourth-order valence-corrected chi connectivity index (χ4v) is 1.21. The second kappa shape index (κ2) is 2.31. The van der Waals surface area contributed by atoms with Crippen LogP contribution in [0.1, 0.15) is 24.5 Å². The van der Waals surface area contributed by atoms with Crippen LogP contribution >= 0.6 is 0 Å². The number of nitrogens with zero attached hydrogens (tertiary/aromatic N) is 3. The van der Waals surface area contributed by atoms with E-state index in [1.54, 1.807) is 4.52 Å². The molecule has 0 aromatic carbocycles. The number of hydrogen-bond donors (Lipinski definition) is 2. The molecule has 5 heteroatoms. The van der Waals surface area contributed by atoms with Gasteiger partial charge in [-0.15, -0.1) is 10.2 Å². The summed E-state index contributed by atoms with van der Waals surface area (Å²) < 4.78 is 1.81. The minimum atomic E-state index is -0.0990. The van der Waals surface area contributed by atoms with E-state index in [-0.39, 0.29) is 6.04 Å². The van der Waals surface area contributed by atoms with Gasteiger partial charge >= 0.3 is 0 Å². The van der Waals surface area contributed by atoms with Gasteiger partial charge in [0, 0.05) is 11.8 Å². The molecule has 0 bridgehead atoms. The molecule has 2 aromatic heterocycles. The van der Waals surface area contributed by atoms with Gasteiger partial charge in [0.2, 0.25) is 0 Å². The molecule has 3 N–H and O–H groups in total. The highest BCUT2D eigenvalue weighted by Crippen LogP contribution is 2.09. The first-order chi connectivity index (χ1) is 5.68. The van der Waals surface area contributed by atoms with Crippen molar-refractivity contribution in [3.63, 3.8) is 0 Å². The molecule has 0 saturated heterocycles. The number of nitrogens with one attached hydrogen (secondary N) is 1. The Labute approximate surface area is 69.6 Å². The lowest BCUT2D eigenvalue weighted by Gasteiger charge is -1.99. The summed E-state index contributed by atoms with van der Waals surface area (Å²) in [5.74, 6) is 0.762. The third-order valence-electron chi connectivity index (χ3n) is 1.75. The van der Waals surface area contributed by atoms with Crippen molar-refractivity contribution in [1.29, 1.82) is 0 Å². The van der Waals surface area contributed by atoms with Crippen molar-refractivity contribution >= 4 is 5.65 Å². The van der Waals surface area contributed by atoms with Gasteiger partial charge in [-0.1, -0.05) is 0 Å². The third-order valence-corrected chi connectivity index (χ3v) is 1.75. The first kappa shape index (κ1) is 7.30. The van der Waals surface area contributed by atoms with E-state index in [9.17, 15) is 0 Å². The van der Waals surface area contributed by atoms with Crippen molar-refractivity contribution < 1.29 is 0 Å². The van der Waals surface area contributed by atoms with Gasteiger partial charge in [-0.05, 0) is 13.8 Å². The molecular weight excluding hydrogens is 154 g/mol. The quantitative estimate of drug-likeness (QED) is 0.641. The van der Waals surface area contributed by atoms with E-state index in [0.29, 0.717) is 0 Å². The molecule has 2 heterocycles. The Morgan fingerprint density at radius 2 is 2.33 bits per heavy atom. The van der Waals surface area contributed by atoms with Crippen molar-refractivity contribution in [1.82, 2.24) is 19.8 Å². The molecule has 0 radical (unpaired) electrons. The molecule has 0 spiro atoms. The van der Waals surface area contributed by atoms with Crippen LogP contribution < -0.4 is 5.73 Å². The number of hydrogen-bond acceptors (Lipinski definition) is 3. The Hall–Kier alpha value is -1.36. The summed E-state index contributed by atoms with van der Waals surface area (Å²) in [6.07, 6.45) is 0. The molecule has 0 fully saturated rings. The smallest absolute Gasteiger partial charge is 0.177 e. The molecule has 1 unspecified atom stereocenters. The molecule has 0 saturated carbocycles. The molecule has 5 nitrogen and oxygen atoms in total. The number of aryl methyl sites for hydroxylation is 1. The van der Waals surface area contributed by atoms with Crippen molar-refractivity contribution in [3.8, 4) is 0 Å². The molecule has 12 heavy (non-hydrogen) atoms. The van der Waals surface area contributed by atoms with Gasteiger partial charge in [-0.2, -0.15) is 0 Å². The van der Waals surface area contributed by atoms with Gasteiger partial charge in [0.05, 0.1) is 6.04 Å². The van der Waals surface area contributed by atoms with E-state index in [1.165, 1.54) is 0 Å². The second-order valence-electron chi connectivity index (χ2n) is 2.98. The van der Waals surface area contributed by atoms with Gasteiger partial charge in [-0.25, -0.2) is 4.52 Å². The summed E-state index contributed by atoms with van der Waals surface area (Å²) >= 11 is 0. The Balaban J connectivity index is 2.68. The van der Waals surface area contributed by atoms with Crippen molar-refractivity contribution in [2.45, 2.75) is 19.9 Å². The van der Waals surface area contributed by atoms with Crippen LogP contribution in [0.3, 0.4) is 0 Å². The second-order valence-corrected chi connectivity index (χ2v) is 2.98. The summed E-state index contributed by atoms with van der Waals surface area (Å²) in [4.78, 5) is 0. The number of nitrogens with two attached hydrogens (primary N) is 1. The topological polar surface area (TPSA) is 72.0 Å². The molecule has 2 rings (SSSR count). The van der Waals surface area contributed by atoms with Gasteiger partial charge in [0.25, 0.3) is 0 Å². The van der Waals surface area contributed by atoms with Gasteiger partial charge in [0.15, 0.2) is 11.5 Å². The highest BCUT2D eigenvalue weighted by Gasteiger charge is 2.10. The van der Waals surface area contributed by atoms with Crippen molar-refractivity contribution in [2.24, 2.45) is 5.73 Å². The number of rotatable bonds is 1. The number of aromatic amines is 1. The van der Waals surface area contributed by atoms with Crippen LogP contribution in [0.5, 0.6) is 0 Å². The van der Waals surface area contributed by atoms with Crippen LogP contribution in [0.15, 0.2) is 6.07 Å². The highest BCUT2D eigenvalue weighted by atomic mass is 15.4. The Morgan fingerprint density at radius 3 is 3.00 bits per heavy atom. The number of aromatic nitrogens is 4. The Bertz CT molecular complexity index is 397. The zero-order valence-electron chi connectivity index (χ0n) is 7.07. The Morgan fingerprint density at radius 1 is 1.58 bits per heavy atom. The lowest BCUT2D eigenvalue weighted by atomic mass is 10.3. The predicted molar refractivity (Wildman–Crippen MR) is 44.7 cm³/mol. The van der Waals surface area contributed by atoms with Crippen LogP contribution in [0.2, 0.25) is 0 Å². The normalized spacial score (nSPS) is 13.9. The summed E-state index contributed by atoms with van der Waals surface area (Å²) in [6, 6.07) is 1.83. The van der Waals surface area contributed by atoms with Crippen molar-refractivity contribution in [3.05, 3.63) is 17.6 Å². The van der Waals surface area contributed by atoms with Crippen LogP contribution in [0.25, 0.3) is 5.65 Å². The van der Waals surface area contributed by atoms with E-state index in [4.69, 9.17) is 5.73 Å². The zero-order chi connectivity index (χ0) is 8.72. The summed E-state index contributed by atoms with van der Waals surface area (Å²) in [5.41, 5.74) is 7.57. The molecule has 0 aliphatic carbocycles. The monoisotopic (exact) mass is 165 g/mol. The summed E-state index contributed by atoms with van der Waals surface area (Å²) in [7, 11) is 0. The van der Waals surface area contributed by atoms with Crippen LogP contribution in [-0.2, 0) is 0 Å². The maximum absolute atomic E-state index is 5.69. The van der Waals surface area contributed by atoms with Crippen LogP contribution in [0, 0.1) is 6.92 Å². The molecule has 0 amide bonds. The van der Waals surface area contributed by atoms with E-state index in [2.05, 4.69) is 15.3 Å². The number of fused-ring (bicyclic) bond motifs is 1. The lowest BCUT2D eigenvalue weighted by Crippen LogP contribution is -2.10. The van der Waals surface area contributed by atoms with Gasteiger partial charge in [0.1, 0.15) is 0 Å². The Kier molecular flexibility index (Phi) is 1.41. The standard InChI is InChI=1S/C7H11N5/c1-4-3-6-9-10-7(5(2)8)12(6)11-4/h3,5,11H,8H2,1-2H3. The maximum Gasteiger partial charge on any atom is 0.177 e. The fraction of sp³-hybridized carbons (Fsp3) is 0.429. The molecule has 0 aliphatic heterocycles. The molecule has 64 valence electrons. The minimum Gasteiger partial charge on any atom is -0.321 e. The van der Waals surface area contributed by atoms with Gasteiger partial charge in [-0.3, -0.25) is 5.10 Å². The third kappa shape index (κ3) is 0.902. The zero-order valence-corrected chi connectivity index (χ0v) is 7.07. The average molecular weight is 165 g/mol. The van der Waals surface area contributed by atoms with Gasteiger partial charge < -0.3 is 5.73 Å². The lowest BCUT2D eigenvalue weighted by molar-refractivity contribution is 0.695. The highest BCUT2D eigenvalue weighted by molar-refractivity contribution is 5.38. The van der Waals surface area contributed by atoms with Crippen LogP contribution in [-0.4, -0.2) is 19.8 Å². The number of H-pyrrole nitrogens is 1. The first-order valence-electron chi connectivity index (χ1n) is 3.84. The fourth-order valence-electron chi connectivity index (χ4n) is 1.21.